The number of aryl methyl sites for hydroxylation is 3. The lowest BCUT2D eigenvalue weighted by Gasteiger charge is -2.07. The molecule has 0 spiro atoms. The zero-order chi connectivity index (χ0) is 14.0. The first-order valence-corrected chi connectivity index (χ1v) is 5.87. The standard InChI is InChI=1S/C14H15NO4/c1-8-4-5-9(2)11(6-8)18-7-12-15-10(3)13(19-12)14(16)17/h4-6H,7H2,1-3H3,(H,16,17). The molecule has 0 unspecified atom stereocenters. The van der Waals surface area contributed by atoms with E-state index in [0.29, 0.717) is 5.69 Å². The van der Waals surface area contributed by atoms with Crippen LogP contribution < -0.4 is 4.74 Å². The van der Waals surface area contributed by atoms with Crippen LogP contribution in [0.1, 0.15) is 33.3 Å². The minimum Gasteiger partial charge on any atom is -0.484 e. The Labute approximate surface area is 110 Å². The van der Waals surface area contributed by atoms with E-state index >= 15 is 0 Å². The third-order valence-corrected chi connectivity index (χ3v) is 2.73. The highest BCUT2D eigenvalue weighted by Gasteiger charge is 2.16. The summed E-state index contributed by atoms with van der Waals surface area (Å²) >= 11 is 0. The van der Waals surface area contributed by atoms with Gasteiger partial charge in [-0.3, -0.25) is 0 Å². The van der Waals surface area contributed by atoms with Gasteiger partial charge in [0.2, 0.25) is 11.7 Å². The SMILES string of the molecule is Cc1ccc(C)c(OCc2nc(C)c(C(=O)O)o2)c1. The van der Waals surface area contributed by atoms with Crippen LogP contribution in [0.5, 0.6) is 5.75 Å². The molecule has 19 heavy (non-hydrogen) atoms. The maximum Gasteiger partial charge on any atom is 0.373 e. The van der Waals surface area contributed by atoms with E-state index in [-0.39, 0.29) is 18.3 Å². The second kappa shape index (κ2) is 5.14. The summed E-state index contributed by atoms with van der Waals surface area (Å²) in [5, 5.41) is 8.87. The summed E-state index contributed by atoms with van der Waals surface area (Å²) in [7, 11) is 0. The van der Waals surface area contributed by atoms with Gasteiger partial charge >= 0.3 is 5.97 Å². The molecule has 0 bridgehead atoms. The van der Waals surface area contributed by atoms with E-state index in [4.69, 9.17) is 14.3 Å². The number of aromatic nitrogens is 1. The third kappa shape index (κ3) is 2.93. The zero-order valence-corrected chi connectivity index (χ0v) is 11.1. The van der Waals surface area contributed by atoms with Crippen molar-refractivity contribution in [3.05, 3.63) is 46.7 Å². The van der Waals surface area contributed by atoms with Gasteiger partial charge in [-0.05, 0) is 38.0 Å². The van der Waals surface area contributed by atoms with Gasteiger partial charge in [0.05, 0.1) is 5.69 Å². The maximum absolute atomic E-state index is 10.8. The van der Waals surface area contributed by atoms with Gasteiger partial charge in [-0.2, -0.15) is 0 Å². The number of aromatic carboxylic acids is 1. The maximum atomic E-state index is 10.8. The van der Waals surface area contributed by atoms with Crippen molar-refractivity contribution in [1.82, 2.24) is 4.98 Å². The summed E-state index contributed by atoms with van der Waals surface area (Å²) in [5.74, 6) is -0.258. The first-order chi connectivity index (χ1) is 8.97. The van der Waals surface area contributed by atoms with Crippen molar-refractivity contribution in [2.75, 3.05) is 0 Å². The van der Waals surface area contributed by atoms with Crippen molar-refractivity contribution < 1.29 is 19.1 Å². The lowest BCUT2D eigenvalue weighted by Crippen LogP contribution is -1.98. The first kappa shape index (κ1) is 13.1. The second-order valence-corrected chi connectivity index (χ2v) is 4.38. The number of carboxylic acids is 1. The van der Waals surface area contributed by atoms with Crippen molar-refractivity contribution in [2.45, 2.75) is 27.4 Å². The van der Waals surface area contributed by atoms with Crippen molar-refractivity contribution >= 4 is 5.97 Å². The quantitative estimate of drug-likeness (QED) is 0.916. The predicted octanol–water partition coefficient (Wildman–Crippen LogP) is 2.88. The number of oxazole rings is 1. The number of carboxylic acid groups (broad SMARTS) is 1. The highest BCUT2D eigenvalue weighted by Crippen LogP contribution is 2.20. The number of nitrogens with zero attached hydrogens (tertiary/aromatic N) is 1. The van der Waals surface area contributed by atoms with Crippen LogP contribution in [0.3, 0.4) is 0 Å². The molecule has 2 aromatic rings. The fourth-order valence-corrected chi connectivity index (χ4v) is 1.71. The lowest BCUT2D eigenvalue weighted by molar-refractivity contribution is 0.0657. The Morgan fingerprint density at radius 3 is 2.74 bits per heavy atom. The number of hydrogen-bond donors (Lipinski definition) is 1. The van der Waals surface area contributed by atoms with Crippen LogP contribution in [0.25, 0.3) is 0 Å². The first-order valence-electron chi connectivity index (χ1n) is 5.87. The number of benzene rings is 1. The van der Waals surface area contributed by atoms with Crippen molar-refractivity contribution in [2.24, 2.45) is 0 Å². The highest BCUT2D eigenvalue weighted by atomic mass is 16.5. The van der Waals surface area contributed by atoms with Crippen LogP contribution in [-0.4, -0.2) is 16.1 Å². The zero-order valence-electron chi connectivity index (χ0n) is 11.1. The Bertz CT molecular complexity index is 616. The number of carbonyl (C=O) groups is 1. The largest absolute Gasteiger partial charge is 0.484 e. The molecule has 0 aliphatic carbocycles. The van der Waals surface area contributed by atoms with Crippen LogP contribution >= 0.6 is 0 Å². The Morgan fingerprint density at radius 1 is 1.37 bits per heavy atom. The van der Waals surface area contributed by atoms with E-state index in [1.54, 1.807) is 6.92 Å². The molecule has 0 amide bonds. The topological polar surface area (TPSA) is 72.6 Å². The summed E-state index contributed by atoms with van der Waals surface area (Å²) in [6, 6.07) is 5.89. The summed E-state index contributed by atoms with van der Waals surface area (Å²) < 4.78 is 10.7. The summed E-state index contributed by atoms with van der Waals surface area (Å²) in [4.78, 5) is 14.9. The minimum atomic E-state index is -1.12. The van der Waals surface area contributed by atoms with Crippen molar-refractivity contribution in [3.8, 4) is 5.75 Å². The summed E-state index contributed by atoms with van der Waals surface area (Å²) in [5.41, 5.74) is 2.45. The van der Waals surface area contributed by atoms with Gasteiger partial charge in [0.1, 0.15) is 5.75 Å². The molecule has 0 fully saturated rings. The fraction of sp³-hybridized carbons (Fsp3) is 0.286. The molecule has 0 saturated heterocycles. The Balaban J connectivity index is 2.12. The molecule has 0 atom stereocenters. The minimum absolute atomic E-state index is 0.110. The Kier molecular flexibility index (Phi) is 3.55. The average Bonchev–Trinajstić information content (AvgIpc) is 2.72. The van der Waals surface area contributed by atoms with Crippen molar-refractivity contribution in [1.29, 1.82) is 0 Å². The normalized spacial score (nSPS) is 10.5. The molecule has 5 nitrogen and oxygen atoms in total. The van der Waals surface area contributed by atoms with Crippen LogP contribution in [0, 0.1) is 20.8 Å². The van der Waals surface area contributed by atoms with E-state index in [0.717, 1.165) is 16.9 Å². The van der Waals surface area contributed by atoms with Crippen LogP contribution in [-0.2, 0) is 6.61 Å². The van der Waals surface area contributed by atoms with Crippen LogP contribution in [0.4, 0.5) is 0 Å². The molecule has 1 aromatic carbocycles. The molecule has 2 rings (SSSR count). The van der Waals surface area contributed by atoms with E-state index < -0.39 is 5.97 Å². The van der Waals surface area contributed by atoms with E-state index in [9.17, 15) is 4.79 Å². The molecular weight excluding hydrogens is 246 g/mol. The molecule has 0 saturated carbocycles. The summed E-state index contributed by atoms with van der Waals surface area (Å²) in [6.45, 7) is 5.62. The van der Waals surface area contributed by atoms with Gasteiger partial charge in [-0.15, -0.1) is 0 Å². The van der Waals surface area contributed by atoms with Gasteiger partial charge in [0, 0.05) is 0 Å². The monoisotopic (exact) mass is 261 g/mol. The van der Waals surface area contributed by atoms with Gasteiger partial charge in [-0.1, -0.05) is 12.1 Å². The number of ether oxygens (including phenoxy) is 1. The summed E-state index contributed by atoms with van der Waals surface area (Å²) in [6.07, 6.45) is 0. The van der Waals surface area contributed by atoms with E-state index in [1.165, 1.54) is 0 Å². The van der Waals surface area contributed by atoms with E-state index in [1.807, 2.05) is 32.0 Å². The van der Waals surface area contributed by atoms with Crippen molar-refractivity contribution in [3.63, 3.8) is 0 Å². The Morgan fingerprint density at radius 2 is 2.11 bits per heavy atom. The molecule has 100 valence electrons. The van der Waals surface area contributed by atoms with Crippen LogP contribution in [0.2, 0.25) is 0 Å². The van der Waals surface area contributed by atoms with Gasteiger partial charge in [-0.25, -0.2) is 9.78 Å². The van der Waals surface area contributed by atoms with Gasteiger partial charge in [0.25, 0.3) is 0 Å². The van der Waals surface area contributed by atoms with Gasteiger partial charge in [0.15, 0.2) is 6.61 Å². The molecule has 0 aliphatic rings. The molecule has 0 radical (unpaired) electrons. The molecule has 1 N–H and O–H groups in total. The molecule has 1 aromatic heterocycles. The third-order valence-electron chi connectivity index (χ3n) is 2.73. The number of rotatable bonds is 4. The molecule has 5 heteroatoms. The molecule has 1 heterocycles. The number of hydrogen-bond acceptors (Lipinski definition) is 4. The van der Waals surface area contributed by atoms with Crippen LogP contribution in [0.15, 0.2) is 22.6 Å². The van der Waals surface area contributed by atoms with E-state index in [2.05, 4.69) is 4.98 Å². The lowest BCUT2D eigenvalue weighted by atomic mass is 10.1. The smallest absolute Gasteiger partial charge is 0.373 e. The van der Waals surface area contributed by atoms with Gasteiger partial charge < -0.3 is 14.3 Å². The predicted molar refractivity (Wildman–Crippen MR) is 68.4 cm³/mol. The molecule has 0 aliphatic heterocycles. The Hall–Kier alpha value is -2.30. The highest BCUT2D eigenvalue weighted by molar-refractivity contribution is 5.85. The fourth-order valence-electron chi connectivity index (χ4n) is 1.71. The average molecular weight is 261 g/mol. The second-order valence-electron chi connectivity index (χ2n) is 4.38. The molecular formula is C14H15NO4.